The Morgan fingerprint density at radius 1 is 1.25 bits per heavy atom. The molecule has 0 spiro atoms. The zero-order valence-electron chi connectivity index (χ0n) is 13.3. The van der Waals surface area contributed by atoms with Crippen LogP contribution in [0.2, 0.25) is 0 Å². The van der Waals surface area contributed by atoms with Crippen LogP contribution in [-0.4, -0.2) is 37.8 Å². The van der Waals surface area contributed by atoms with Crippen molar-refractivity contribution in [2.75, 3.05) is 13.6 Å². The van der Waals surface area contributed by atoms with E-state index in [9.17, 15) is 13.2 Å². The first-order valence-electron chi connectivity index (χ1n) is 7.77. The highest BCUT2D eigenvalue weighted by Gasteiger charge is 2.30. The normalized spacial score (nSPS) is 17.9. The third kappa shape index (κ3) is 3.18. The summed E-state index contributed by atoms with van der Waals surface area (Å²) in [4.78, 5) is 18.9. The molecule has 0 bridgehead atoms. The first-order chi connectivity index (χ1) is 11.5. The van der Waals surface area contributed by atoms with Crippen molar-refractivity contribution in [3.8, 4) is 0 Å². The molecule has 0 saturated carbocycles. The zero-order valence-corrected chi connectivity index (χ0v) is 14.2. The Kier molecular flexibility index (Phi) is 4.64. The molecule has 0 aliphatic carbocycles. The molecule has 1 N–H and O–H groups in total. The SMILES string of the molecule is CNS(=O)(=O)c1ccc(C(=O)N2CCCC2c2cccnc2)cc1. The fourth-order valence-electron chi connectivity index (χ4n) is 2.99. The molecule has 1 amide bonds. The maximum Gasteiger partial charge on any atom is 0.254 e. The van der Waals surface area contributed by atoms with Gasteiger partial charge in [0, 0.05) is 24.5 Å². The fourth-order valence-corrected chi connectivity index (χ4v) is 3.72. The van der Waals surface area contributed by atoms with E-state index in [2.05, 4.69) is 9.71 Å². The first kappa shape index (κ1) is 16.6. The van der Waals surface area contributed by atoms with Crippen LogP contribution in [0.15, 0.2) is 53.7 Å². The molecule has 1 unspecified atom stereocenters. The summed E-state index contributed by atoms with van der Waals surface area (Å²) < 4.78 is 25.8. The van der Waals surface area contributed by atoms with Crippen LogP contribution in [-0.2, 0) is 10.0 Å². The third-order valence-electron chi connectivity index (χ3n) is 4.26. The Labute approximate surface area is 141 Å². The number of sulfonamides is 1. The lowest BCUT2D eigenvalue weighted by molar-refractivity contribution is 0.0735. The summed E-state index contributed by atoms with van der Waals surface area (Å²) in [5.41, 5.74) is 1.51. The smallest absolute Gasteiger partial charge is 0.254 e. The summed E-state index contributed by atoms with van der Waals surface area (Å²) in [7, 11) is -2.14. The molecule has 7 heteroatoms. The number of likely N-dealkylation sites (tertiary alicyclic amines) is 1. The van der Waals surface area contributed by atoms with Crippen LogP contribution in [0.1, 0.15) is 34.8 Å². The molecule has 1 fully saturated rings. The second-order valence-electron chi connectivity index (χ2n) is 5.67. The van der Waals surface area contributed by atoms with Crippen molar-refractivity contribution >= 4 is 15.9 Å². The molecule has 2 aromatic rings. The predicted molar refractivity (Wildman–Crippen MR) is 89.9 cm³/mol. The van der Waals surface area contributed by atoms with Crippen LogP contribution in [0, 0.1) is 0 Å². The highest BCUT2D eigenvalue weighted by Crippen LogP contribution is 2.32. The van der Waals surface area contributed by atoms with Gasteiger partial charge in [-0.1, -0.05) is 6.07 Å². The lowest BCUT2D eigenvalue weighted by atomic mass is 10.1. The lowest BCUT2D eigenvalue weighted by Crippen LogP contribution is -2.30. The van der Waals surface area contributed by atoms with Gasteiger partial charge in [-0.25, -0.2) is 13.1 Å². The van der Waals surface area contributed by atoms with E-state index < -0.39 is 10.0 Å². The molecule has 2 heterocycles. The monoisotopic (exact) mass is 345 g/mol. The number of nitrogens with zero attached hydrogens (tertiary/aromatic N) is 2. The number of pyridine rings is 1. The summed E-state index contributed by atoms with van der Waals surface area (Å²) in [6, 6.07) is 9.89. The van der Waals surface area contributed by atoms with Crippen molar-refractivity contribution in [3.05, 3.63) is 59.9 Å². The Morgan fingerprint density at radius 3 is 2.62 bits per heavy atom. The minimum Gasteiger partial charge on any atom is -0.332 e. The molecule has 6 nitrogen and oxygen atoms in total. The number of rotatable bonds is 4. The van der Waals surface area contributed by atoms with Crippen LogP contribution in [0.25, 0.3) is 0 Å². The standard InChI is InChI=1S/C17H19N3O3S/c1-18-24(22,23)15-8-6-13(7-9-15)17(21)20-11-3-5-16(20)14-4-2-10-19-12-14/h2,4,6-10,12,16,18H,3,5,11H2,1H3. The third-order valence-corrected chi connectivity index (χ3v) is 5.69. The average molecular weight is 345 g/mol. The van der Waals surface area contributed by atoms with Crippen molar-refractivity contribution in [3.63, 3.8) is 0 Å². The van der Waals surface area contributed by atoms with Gasteiger partial charge < -0.3 is 4.90 Å². The van der Waals surface area contributed by atoms with Gasteiger partial charge in [0.25, 0.3) is 5.91 Å². The topological polar surface area (TPSA) is 79.4 Å². The molecule has 1 atom stereocenters. The van der Waals surface area contributed by atoms with E-state index in [1.54, 1.807) is 24.5 Å². The second kappa shape index (κ2) is 6.70. The summed E-state index contributed by atoms with van der Waals surface area (Å²) in [5.74, 6) is -0.0882. The molecular weight excluding hydrogens is 326 g/mol. The van der Waals surface area contributed by atoms with Gasteiger partial charge in [0.05, 0.1) is 10.9 Å². The van der Waals surface area contributed by atoms with Gasteiger partial charge >= 0.3 is 0 Å². The number of hydrogen-bond acceptors (Lipinski definition) is 4. The first-order valence-corrected chi connectivity index (χ1v) is 9.26. The van der Waals surface area contributed by atoms with Crippen LogP contribution in [0.3, 0.4) is 0 Å². The minimum atomic E-state index is -3.50. The Bertz CT molecular complexity index is 820. The molecule has 0 radical (unpaired) electrons. The number of nitrogens with one attached hydrogen (secondary N) is 1. The number of aromatic nitrogens is 1. The van der Waals surface area contributed by atoms with Crippen molar-refractivity contribution in [2.45, 2.75) is 23.8 Å². The van der Waals surface area contributed by atoms with Crippen LogP contribution >= 0.6 is 0 Å². The molecule has 1 saturated heterocycles. The number of benzene rings is 1. The van der Waals surface area contributed by atoms with E-state index in [-0.39, 0.29) is 16.8 Å². The van der Waals surface area contributed by atoms with E-state index in [4.69, 9.17) is 0 Å². The van der Waals surface area contributed by atoms with Gasteiger partial charge in [0.15, 0.2) is 0 Å². The molecule has 1 aromatic heterocycles. The Hall–Kier alpha value is -2.25. The molecule has 24 heavy (non-hydrogen) atoms. The molecule has 1 aromatic carbocycles. The van der Waals surface area contributed by atoms with Crippen molar-refractivity contribution in [1.82, 2.24) is 14.6 Å². The average Bonchev–Trinajstić information content (AvgIpc) is 3.11. The lowest BCUT2D eigenvalue weighted by Gasteiger charge is -2.25. The largest absolute Gasteiger partial charge is 0.332 e. The molecule has 1 aliphatic rings. The number of carbonyl (C=O) groups excluding carboxylic acids is 1. The number of hydrogen-bond donors (Lipinski definition) is 1. The van der Waals surface area contributed by atoms with E-state index in [0.29, 0.717) is 12.1 Å². The summed E-state index contributed by atoms with van der Waals surface area (Å²) in [6.45, 7) is 0.689. The van der Waals surface area contributed by atoms with Crippen molar-refractivity contribution in [2.24, 2.45) is 0 Å². The zero-order chi connectivity index (χ0) is 17.2. The summed E-state index contributed by atoms with van der Waals surface area (Å²) >= 11 is 0. The Balaban J connectivity index is 1.83. The van der Waals surface area contributed by atoms with Gasteiger partial charge in [-0.15, -0.1) is 0 Å². The molecule has 1 aliphatic heterocycles. The van der Waals surface area contributed by atoms with E-state index >= 15 is 0 Å². The minimum absolute atomic E-state index is 0.0203. The van der Waals surface area contributed by atoms with E-state index in [1.165, 1.54) is 19.2 Å². The number of amides is 1. The van der Waals surface area contributed by atoms with Crippen molar-refractivity contribution < 1.29 is 13.2 Å². The molecule has 3 rings (SSSR count). The number of carbonyl (C=O) groups is 1. The highest BCUT2D eigenvalue weighted by molar-refractivity contribution is 7.89. The van der Waals surface area contributed by atoms with E-state index in [1.807, 2.05) is 17.0 Å². The quantitative estimate of drug-likeness (QED) is 0.919. The maximum atomic E-state index is 12.8. The van der Waals surface area contributed by atoms with Crippen LogP contribution < -0.4 is 4.72 Å². The molecular formula is C17H19N3O3S. The van der Waals surface area contributed by atoms with Gasteiger partial charge in [-0.2, -0.15) is 0 Å². The Morgan fingerprint density at radius 2 is 2.00 bits per heavy atom. The second-order valence-corrected chi connectivity index (χ2v) is 7.56. The van der Waals surface area contributed by atoms with Crippen LogP contribution in [0.4, 0.5) is 0 Å². The summed E-state index contributed by atoms with van der Waals surface area (Å²) in [5, 5.41) is 0. The summed E-state index contributed by atoms with van der Waals surface area (Å²) in [6.07, 6.45) is 5.35. The van der Waals surface area contributed by atoms with Crippen LogP contribution in [0.5, 0.6) is 0 Å². The predicted octanol–water partition coefficient (Wildman–Crippen LogP) is 1.97. The molecule has 126 valence electrons. The van der Waals surface area contributed by atoms with Gasteiger partial charge in [-0.3, -0.25) is 9.78 Å². The maximum absolute atomic E-state index is 12.8. The van der Waals surface area contributed by atoms with Crippen molar-refractivity contribution in [1.29, 1.82) is 0 Å². The van der Waals surface area contributed by atoms with E-state index in [0.717, 1.165) is 18.4 Å². The highest BCUT2D eigenvalue weighted by atomic mass is 32.2. The van der Waals surface area contributed by atoms with Gasteiger partial charge in [0.1, 0.15) is 0 Å². The van der Waals surface area contributed by atoms with Gasteiger partial charge in [0.2, 0.25) is 10.0 Å². The fraction of sp³-hybridized carbons (Fsp3) is 0.294. The van der Waals surface area contributed by atoms with Gasteiger partial charge in [-0.05, 0) is 55.8 Å².